The van der Waals surface area contributed by atoms with Crippen LogP contribution < -0.4 is 27.2 Å². The van der Waals surface area contributed by atoms with Crippen molar-refractivity contribution >= 4 is 28.3 Å². The van der Waals surface area contributed by atoms with Crippen molar-refractivity contribution in [3.8, 4) is 0 Å². The Labute approximate surface area is 148 Å². The van der Waals surface area contributed by atoms with Gasteiger partial charge in [-0.15, -0.1) is 0 Å². The number of halogens is 7. The van der Waals surface area contributed by atoms with Gasteiger partial charge < -0.3 is 16.8 Å². The highest BCUT2D eigenvalue weighted by Crippen LogP contribution is 2.37. The Morgan fingerprint density at radius 1 is 0.808 bits per heavy atom. The van der Waals surface area contributed by atoms with Gasteiger partial charge in [-0.1, -0.05) is 35.9 Å². The molecule has 0 aliphatic carbocycles. The summed E-state index contributed by atoms with van der Waals surface area (Å²) < 4.78 is 77.4. The van der Waals surface area contributed by atoms with Gasteiger partial charge in [-0.2, -0.15) is 26.3 Å². The summed E-state index contributed by atoms with van der Waals surface area (Å²) >= 11 is 5.73. The molecule has 3 nitrogen and oxygen atoms in total. The first kappa shape index (κ1) is 19.8. The molecule has 26 heavy (non-hydrogen) atoms. The third kappa shape index (κ3) is 4.54. The Morgan fingerprint density at radius 3 is 1.69 bits per heavy atom. The average molecular weight is 396 g/mol. The molecule has 0 atom stereocenters. The molecule has 140 valence electrons. The lowest BCUT2D eigenvalue weighted by Gasteiger charge is -2.15. The molecule has 0 spiro atoms. The lowest BCUT2D eigenvalue weighted by Crippen LogP contribution is -2.34. The molecule has 0 radical (unpaired) electrons. The van der Waals surface area contributed by atoms with Crippen molar-refractivity contribution in [3.05, 3.63) is 64.0 Å². The third-order valence-electron chi connectivity index (χ3n) is 3.34. The molecular weight excluding hydrogens is 384 g/mol. The second kappa shape index (κ2) is 6.99. The van der Waals surface area contributed by atoms with E-state index in [0.717, 1.165) is 0 Å². The van der Waals surface area contributed by atoms with Gasteiger partial charge in [0.15, 0.2) is 0 Å². The number of hydrogen-bond acceptors (Lipinski definition) is 3. The van der Waals surface area contributed by atoms with Gasteiger partial charge in [0.1, 0.15) is 11.0 Å². The molecule has 0 unspecified atom stereocenters. The van der Waals surface area contributed by atoms with Crippen molar-refractivity contribution < 1.29 is 26.3 Å². The van der Waals surface area contributed by atoms with Gasteiger partial charge in [0.2, 0.25) is 0 Å². The standard InChI is InChI=1S/C16H12ClF6N3/c17-13(24)11-3-1-2-4-12(11)14(25)26-10-6-8(15(18,19)20)5-9(7-10)16(21,22)23/h1-7,26H,24-25H2/b13-11-,14-12+. The normalized spacial score (nSPS) is 14.7. The predicted molar refractivity (Wildman–Crippen MR) is 86.8 cm³/mol. The number of benzene rings is 2. The van der Waals surface area contributed by atoms with E-state index >= 15 is 0 Å². The van der Waals surface area contributed by atoms with Gasteiger partial charge in [0.25, 0.3) is 0 Å². The van der Waals surface area contributed by atoms with E-state index in [4.69, 9.17) is 23.1 Å². The lowest BCUT2D eigenvalue weighted by molar-refractivity contribution is -0.143. The van der Waals surface area contributed by atoms with Crippen molar-refractivity contribution in [3.63, 3.8) is 0 Å². The lowest BCUT2D eigenvalue weighted by atomic mass is 10.1. The summed E-state index contributed by atoms with van der Waals surface area (Å²) in [4.78, 5) is 0. The molecule has 0 saturated heterocycles. The van der Waals surface area contributed by atoms with Crippen LogP contribution in [-0.4, -0.2) is 0 Å². The summed E-state index contributed by atoms with van der Waals surface area (Å²) in [6.45, 7) is 0. The first-order chi connectivity index (χ1) is 11.9. The fraction of sp³-hybridized carbons (Fsp3) is 0.125. The van der Waals surface area contributed by atoms with Gasteiger partial charge in [-0.3, -0.25) is 0 Å². The van der Waals surface area contributed by atoms with Crippen LogP contribution in [0.4, 0.5) is 32.0 Å². The summed E-state index contributed by atoms with van der Waals surface area (Å²) in [7, 11) is 0. The van der Waals surface area contributed by atoms with Crippen LogP contribution in [0.5, 0.6) is 0 Å². The highest BCUT2D eigenvalue weighted by atomic mass is 35.5. The number of nitrogens with two attached hydrogens (primary N) is 2. The number of anilines is 1. The highest BCUT2D eigenvalue weighted by Gasteiger charge is 2.36. The fourth-order valence-electron chi connectivity index (χ4n) is 2.18. The van der Waals surface area contributed by atoms with Crippen LogP contribution in [0, 0.1) is 0 Å². The quantitative estimate of drug-likeness (QED) is 0.541. The Morgan fingerprint density at radius 2 is 1.27 bits per heavy atom. The maximum atomic E-state index is 12.9. The van der Waals surface area contributed by atoms with E-state index in [-0.39, 0.29) is 27.5 Å². The topological polar surface area (TPSA) is 64.1 Å². The minimum absolute atomic E-state index is 0.0276. The Hall–Kier alpha value is -2.55. The van der Waals surface area contributed by atoms with Crippen LogP contribution in [0.2, 0.25) is 0 Å². The van der Waals surface area contributed by atoms with E-state index in [1.165, 1.54) is 12.1 Å². The highest BCUT2D eigenvalue weighted by molar-refractivity contribution is 6.44. The molecule has 2 aromatic carbocycles. The van der Waals surface area contributed by atoms with Crippen molar-refractivity contribution in [2.75, 3.05) is 5.32 Å². The molecule has 0 amide bonds. The van der Waals surface area contributed by atoms with Crippen molar-refractivity contribution in [2.45, 2.75) is 12.4 Å². The Kier molecular flexibility index (Phi) is 5.31. The number of nitrogens with one attached hydrogen (secondary N) is 1. The largest absolute Gasteiger partial charge is 0.416 e. The van der Waals surface area contributed by atoms with Gasteiger partial charge in [-0.25, -0.2) is 0 Å². The van der Waals surface area contributed by atoms with Crippen LogP contribution in [-0.2, 0) is 12.4 Å². The van der Waals surface area contributed by atoms with E-state index in [1.54, 1.807) is 12.1 Å². The van der Waals surface area contributed by atoms with Crippen LogP contribution in [0.3, 0.4) is 0 Å². The minimum atomic E-state index is -4.96. The maximum absolute atomic E-state index is 12.9. The molecule has 0 bridgehead atoms. The Bertz CT molecular complexity index is 898. The third-order valence-corrected chi connectivity index (χ3v) is 3.54. The summed E-state index contributed by atoms with van der Waals surface area (Å²) in [5, 5.41) is 2.72. The molecule has 0 aliphatic heterocycles. The number of alkyl halides is 6. The molecule has 10 heteroatoms. The van der Waals surface area contributed by atoms with Crippen molar-refractivity contribution in [1.29, 1.82) is 0 Å². The zero-order valence-corrected chi connectivity index (χ0v) is 13.6. The average Bonchev–Trinajstić information content (AvgIpc) is 2.52. The molecule has 0 saturated carbocycles. The second-order valence-electron chi connectivity index (χ2n) is 5.23. The van der Waals surface area contributed by atoms with Crippen LogP contribution in [0.25, 0.3) is 11.0 Å². The van der Waals surface area contributed by atoms with Gasteiger partial charge >= 0.3 is 12.4 Å². The molecule has 5 N–H and O–H groups in total. The molecular formula is C16H12ClF6N3. The zero-order valence-electron chi connectivity index (χ0n) is 12.8. The zero-order chi connectivity index (χ0) is 19.7. The fourth-order valence-corrected chi connectivity index (χ4v) is 2.34. The number of hydrogen-bond donors (Lipinski definition) is 3. The Balaban J connectivity index is 2.64. The molecule has 0 heterocycles. The summed E-state index contributed by atoms with van der Waals surface area (Å²) in [6, 6.07) is 7.19. The van der Waals surface area contributed by atoms with E-state index in [9.17, 15) is 26.3 Å². The molecule has 2 rings (SSSR count). The summed E-state index contributed by atoms with van der Waals surface area (Å²) in [5.41, 5.74) is 7.90. The number of rotatable bonds is 2. The first-order valence-electron chi connectivity index (χ1n) is 6.96. The molecule has 0 fully saturated rings. The van der Waals surface area contributed by atoms with Crippen molar-refractivity contribution in [2.24, 2.45) is 11.5 Å². The SMILES string of the molecule is N/C(Cl)=c1/cccc/c1=C(/N)Nc1cc(C(F)(F)F)cc(C(F)(F)F)c1. The monoisotopic (exact) mass is 395 g/mol. The smallest absolute Gasteiger partial charge is 0.389 e. The van der Waals surface area contributed by atoms with Gasteiger partial charge in [-0.05, 0) is 18.2 Å². The summed E-state index contributed by atoms with van der Waals surface area (Å²) in [6.07, 6.45) is -9.92. The van der Waals surface area contributed by atoms with E-state index in [2.05, 4.69) is 5.32 Å². The van der Waals surface area contributed by atoms with Gasteiger partial charge in [0, 0.05) is 16.1 Å². The van der Waals surface area contributed by atoms with Crippen LogP contribution >= 0.6 is 11.6 Å². The molecule has 0 aliphatic rings. The van der Waals surface area contributed by atoms with E-state index in [0.29, 0.717) is 12.1 Å². The molecule has 0 aromatic heterocycles. The predicted octanol–water partition coefficient (Wildman–Crippen LogP) is 3.12. The second-order valence-corrected chi connectivity index (χ2v) is 5.63. The van der Waals surface area contributed by atoms with Crippen molar-refractivity contribution in [1.82, 2.24) is 0 Å². The van der Waals surface area contributed by atoms with Gasteiger partial charge in [0.05, 0.1) is 11.1 Å². The maximum Gasteiger partial charge on any atom is 0.416 e. The first-order valence-corrected chi connectivity index (χ1v) is 7.34. The minimum Gasteiger partial charge on any atom is -0.389 e. The molecule has 2 aromatic rings. The van der Waals surface area contributed by atoms with Crippen LogP contribution in [0.1, 0.15) is 11.1 Å². The van der Waals surface area contributed by atoms with E-state index in [1.807, 2.05) is 0 Å². The van der Waals surface area contributed by atoms with E-state index < -0.39 is 29.2 Å². The van der Waals surface area contributed by atoms with Crippen LogP contribution in [0.15, 0.2) is 42.5 Å². The summed E-state index contributed by atoms with van der Waals surface area (Å²) in [5.74, 6) is -0.211.